The molecule has 0 saturated heterocycles. The summed E-state index contributed by atoms with van der Waals surface area (Å²) >= 11 is 0. The first kappa shape index (κ1) is 14.8. The van der Waals surface area contributed by atoms with Crippen LogP contribution < -0.4 is 5.32 Å². The summed E-state index contributed by atoms with van der Waals surface area (Å²) in [5.41, 5.74) is 0.838. The number of carboxylic acids is 1. The molecule has 0 bridgehead atoms. The molecule has 0 aliphatic carbocycles. The first-order chi connectivity index (χ1) is 9.95. The van der Waals surface area contributed by atoms with Crippen molar-refractivity contribution in [1.82, 2.24) is 5.32 Å². The second-order valence-corrected chi connectivity index (χ2v) is 4.92. The highest BCUT2D eigenvalue weighted by atomic mass is 16.4. The predicted octanol–water partition coefficient (Wildman–Crippen LogP) is 2.71. The van der Waals surface area contributed by atoms with Crippen LogP contribution in [-0.4, -0.2) is 17.0 Å². The maximum Gasteiger partial charge on any atom is 0.335 e. The van der Waals surface area contributed by atoms with Gasteiger partial charge in [0.05, 0.1) is 18.0 Å². The van der Waals surface area contributed by atoms with Gasteiger partial charge in [0.1, 0.15) is 11.5 Å². The minimum atomic E-state index is -1.00. The summed E-state index contributed by atoms with van der Waals surface area (Å²) in [4.78, 5) is 22.9. The molecule has 1 aromatic heterocycles. The number of hydrogen-bond acceptors (Lipinski definition) is 3. The normalized spacial score (nSPS) is 11.9. The topological polar surface area (TPSA) is 79.5 Å². The molecule has 110 valence electrons. The van der Waals surface area contributed by atoms with Crippen molar-refractivity contribution in [3.05, 3.63) is 59.0 Å². The number of furan rings is 1. The maximum atomic E-state index is 12.0. The Bertz CT molecular complexity index is 660. The summed E-state index contributed by atoms with van der Waals surface area (Å²) < 4.78 is 5.45. The van der Waals surface area contributed by atoms with Crippen LogP contribution in [0.4, 0.5) is 0 Å². The molecule has 1 amide bonds. The summed E-state index contributed by atoms with van der Waals surface area (Å²) in [5, 5.41) is 11.8. The van der Waals surface area contributed by atoms with Gasteiger partial charge in [-0.05, 0) is 43.7 Å². The molecular formula is C16H17NO4. The zero-order valence-corrected chi connectivity index (χ0v) is 11.9. The van der Waals surface area contributed by atoms with E-state index in [4.69, 9.17) is 9.52 Å². The first-order valence-electron chi connectivity index (χ1n) is 6.63. The molecule has 1 aromatic carbocycles. The maximum absolute atomic E-state index is 12.0. The van der Waals surface area contributed by atoms with Crippen molar-refractivity contribution in [3.63, 3.8) is 0 Å². The van der Waals surface area contributed by atoms with Crippen LogP contribution in [0.3, 0.4) is 0 Å². The lowest BCUT2D eigenvalue weighted by atomic mass is 10.1. The van der Waals surface area contributed by atoms with Gasteiger partial charge >= 0.3 is 5.97 Å². The van der Waals surface area contributed by atoms with E-state index in [1.54, 1.807) is 12.1 Å². The lowest BCUT2D eigenvalue weighted by Gasteiger charge is -2.11. The SMILES string of the molecule is Cc1ccc(C(C)NC(=O)Cc2cccc(C(=O)O)c2)o1. The molecule has 0 fully saturated rings. The molecule has 0 radical (unpaired) electrons. The number of rotatable bonds is 5. The highest BCUT2D eigenvalue weighted by molar-refractivity contribution is 5.88. The first-order valence-corrected chi connectivity index (χ1v) is 6.63. The van der Waals surface area contributed by atoms with Gasteiger partial charge in [-0.1, -0.05) is 12.1 Å². The Labute approximate surface area is 122 Å². The van der Waals surface area contributed by atoms with Crippen LogP contribution in [-0.2, 0) is 11.2 Å². The third kappa shape index (κ3) is 3.95. The molecular weight excluding hydrogens is 270 g/mol. The fourth-order valence-electron chi connectivity index (χ4n) is 2.05. The molecule has 1 heterocycles. The molecule has 21 heavy (non-hydrogen) atoms. The third-order valence-corrected chi connectivity index (χ3v) is 3.10. The van der Waals surface area contributed by atoms with Gasteiger partial charge in [0.15, 0.2) is 0 Å². The summed E-state index contributed by atoms with van der Waals surface area (Å²) in [7, 11) is 0. The summed E-state index contributed by atoms with van der Waals surface area (Å²) in [5.74, 6) is 0.302. The van der Waals surface area contributed by atoms with Gasteiger partial charge < -0.3 is 14.8 Å². The summed E-state index contributed by atoms with van der Waals surface area (Å²) in [6.45, 7) is 3.68. The number of amides is 1. The zero-order valence-electron chi connectivity index (χ0n) is 11.9. The molecule has 0 aliphatic rings. The number of carboxylic acid groups (broad SMARTS) is 1. The van der Waals surface area contributed by atoms with Crippen molar-refractivity contribution in [1.29, 1.82) is 0 Å². The van der Waals surface area contributed by atoms with Crippen molar-refractivity contribution in [2.75, 3.05) is 0 Å². The van der Waals surface area contributed by atoms with Gasteiger partial charge in [-0.25, -0.2) is 4.79 Å². The number of aryl methyl sites for hydroxylation is 1. The van der Waals surface area contributed by atoms with Crippen LogP contribution in [0, 0.1) is 6.92 Å². The Balaban J connectivity index is 1.98. The lowest BCUT2D eigenvalue weighted by Crippen LogP contribution is -2.27. The number of carbonyl (C=O) groups is 2. The minimum absolute atomic E-state index is 0.130. The van der Waals surface area contributed by atoms with Gasteiger partial charge in [-0.2, -0.15) is 0 Å². The number of hydrogen-bond donors (Lipinski definition) is 2. The minimum Gasteiger partial charge on any atom is -0.478 e. The fraction of sp³-hybridized carbons (Fsp3) is 0.250. The average Bonchev–Trinajstić information content (AvgIpc) is 2.85. The Morgan fingerprint density at radius 3 is 2.67 bits per heavy atom. The van der Waals surface area contributed by atoms with Crippen LogP contribution in [0.5, 0.6) is 0 Å². The molecule has 2 aromatic rings. The number of benzene rings is 1. The van der Waals surface area contributed by atoms with E-state index in [0.717, 1.165) is 5.76 Å². The van der Waals surface area contributed by atoms with E-state index in [9.17, 15) is 9.59 Å². The van der Waals surface area contributed by atoms with Crippen LogP contribution in [0.15, 0.2) is 40.8 Å². The lowest BCUT2D eigenvalue weighted by molar-refractivity contribution is -0.121. The van der Waals surface area contributed by atoms with Crippen LogP contribution >= 0.6 is 0 Å². The van der Waals surface area contributed by atoms with E-state index in [1.165, 1.54) is 12.1 Å². The Morgan fingerprint density at radius 2 is 2.05 bits per heavy atom. The second kappa shape index (κ2) is 6.26. The van der Waals surface area contributed by atoms with Crippen molar-refractivity contribution < 1.29 is 19.1 Å². The number of carbonyl (C=O) groups excluding carboxylic acids is 1. The molecule has 0 spiro atoms. The van der Waals surface area contributed by atoms with E-state index < -0.39 is 5.97 Å². The Kier molecular flexibility index (Phi) is 4.42. The van der Waals surface area contributed by atoms with Gasteiger partial charge in [-0.15, -0.1) is 0 Å². The van der Waals surface area contributed by atoms with Crippen molar-refractivity contribution in [2.24, 2.45) is 0 Å². The molecule has 5 nitrogen and oxygen atoms in total. The van der Waals surface area contributed by atoms with Gasteiger partial charge in [-0.3, -0.25) is 4.79 Å². The van der Waals surface area contributed by atoms with Crippen LogP contribution in [0.1, 0.15) is 40.4 Å². The fourth-order valence-corrected chi connectivity index (χ4v) is 2.05. The number of aromatic carboxylic acids is 1. The quantitative estimate of drug-likeness (QED) is 0.886. The highest BCUT2D eigenvalue weighted by Crippen LogP contribution is 2.15. The molecule has 0 aliphatic heterocycles. The summed E-state index contributed by atoms with van der Waals surface area (Å²) in [6, 6.07) is 9.80. The monoisotopic (exact) mass is 287 g/mol. The van der Waals surface area contributed by atoms with E-state index in [1.807, 2.05) is 26.0 Å². The summed E-state index contributed by atoms with van der Waals surface area (Å²) in [6.07, 6.45) is 0.130. The van der Waals surface area contributed by atoms with Crippen molar-refractivity contribution >= 4 is 11.9 Å². The molecule has 0 saturated carbocycles. The smallest absolute Gasteiger partial charge is 0.335 e. The predicted molar refractivity (Wildman–Crippen MR) is 77.1 cm³/mol. The van der Waals surface area contributed by atoms with Crippen molar-refractivity contribution in [3.8, 4) is 0 Å². The van der Waals surface area contributed by atoms with E-state index >= 15 is 0 Å². The zero-order chi connectivity index (χ0) is 15.4. The van der Waals surface area contributed by atoms with Crippen LogP contribution in [0.25, 0.3) is 0 Å². The second-order valence-electron chi connectivity index (χ2n) is 4.92. The van der Waals surface area contributed by atoms with Crippen molar-refractivity contribution in [2.45, 2.75) is 26.3 Å². The largest absolute Gasteiger partial charge is 0.478 e. The van der Waals surface area contributed by atoms with E-state index in [-0.39, 0.29) is 23.9 Å². The Morgan fingerprint density at radius 1 is 1.29 bits per heavy atom. The average molecular weight is 287 g/mol. The van der Waals surface area contributed by atoms with E-state index in [0.29, 0.717) is 11.3 Å². The molecule has 1 unspecified atom stereocenters. The Hall–Kier alpha value is -2.56. The molecule has 1 atom stereocenters. The molecule has 2 N–H and O–H groups in total. The highest BCUT2D eigenvalue weighted by Gasteiger charge is 2.13. The third-order valence-electron chi connectivity index (χ3n) is 3.10. The molecule has 5 heteroatoms. The standard InChI is InChI=1S/C16H17NO4/c1-10-6-7-14(21-10)11(2)17-15(18)9-12-4-3-5-13(8-12)16(19)20/h3-8,11H,9H2,1-2H3,(H,17,18)(H,19,20). The van der Waals surface area contributed by atoms with Gasteiger partial charge in [0.2, 0.25) is 5.91 Å². The van der Waals surface area contributed by atoms with Crippen LogP contribution in [0.2, 0.25) is 0 Å². The van der Waals surface area contributed by atoms with E-state index in [2.05, 4.69) is 5.32 Å². The van der Waals surface area contributed by atoms with Gasteiger partial charge in [0, 0.05) is 0 Å². The number of nitrogens with one attached hydrogen (secondary N) is 1. The molecule has 2 rings (SSSR count). The van der Waals surface area contributed by atoms with Gasteiger partial charge in [0.25, 0.3) is 0 Å².